The predicted molar refractivity (Wildman–Crippen MR) is 48.0 cm³/mol. The summed E-state index contributed by atoms with van der Waals surface area (Å²) in [6.45, 7) is 5.35. The van der Waals surface area contributed by atoms with Crippen molar-refractivity contribution in [3.8, 4) is 0 Å². The van der Waals surface area contributed by atoms with Crippen molar-refractivity contribution in [1.82, 2.24) is 0 Å². The minimum atomic E-state index is -4.21. The molecule has 0 saturated carbocycles. The molecule has 74 valence electrons. The number of thiophene rings is 1. The highest BCUT2D eigenvalue weighted by molar-refractivity contribution is 7.10. The lowest BCUT2D eigenvalue weighted by molar-refractivity contribution is -0.135. The fraction of sp³-hybridized carbons (Fsp3) is 0.556. The zero-order chi connectivity index (χ0) is 10.3. The van der Waals surface area contributed by atoms with Gasteiger partial charge in [0.2, 0.25) is 0 Å². The first-order chi connectivity index (χ1) is 5.73. The summed E-state index contributed by atoms with van der Waals surface area (Å²) in [6.07, 6.45) is -4.21. The molecule has 1 rings (SSSR count). The fourth-order valence-corrected chi connectivity index (χ4v) is 2.09. The van der Waals surface area contributed by atoms with Crippen LogP contribution in [0.2, 0.25) is 0 Å². The maximum Gasteiger partial charge on any atom is 0.425 e. The molecular formula is C9H11F3S. The molecular weight excluding hydrogens is 197 g/mol. The van der Waals surface area contributed by atoms with Gasteiger partial charge in [-0.2, -0.15) is 13.2 Å². The van der Waals surface area contributed by atoms with Crippen molar-refractivity contribution in [1.29, 1.82) is 0 Å². The highest BCUT2D eigenvalue weighted by Gasteiger charge is 2.37. The maximum atomic E-state index is 12.4. The lowest BCUT2D eigenvalue weighted by atomic mass is 9.87. The minimum absolute atomic E-state index is 0.380. The molecule has 0 saturated heterocycles. The molecule has 1 heterocycles. The molecule has 4 heteroatoms. The summed E-state index contributed by atoms with van der Waals surface area (Å²) in [5.74, 6) is 0. The van der Waals surface area contributed by atoms with Crippen molar-refractivity contribution in [3.63, 3.8) is 0 Å². The average molecular weight is 208 g/mol. The van der Waals surface area contributed by atoms with E-state index in [9.17, 15) is 13.2 Å². The minimum Gasteiger partial charge on any atom is -0.165 e. The van der Waals surface area contributed by atoms with Crippen LogP contribution in [0.1, 0.15) is 31.2 Å². The molecule has 0 aliphatic carbocycles. The van der Waals surface area contributed by atoms with Gasteiger partial charge >= 0.3 is 6.18 Å². The van der Waals surface area contributed by atoms with Gasteiger partial charge in [0.25, 0.3) is 0 Å². The second-order valence-corrected chi connectivity index (χ2v) is 4.83. The highest BCUT2D eigenvalue weighted by Crippen LogP contribution is 2.40. The SMILES string of the molecule is CC(C)(C)c1ccsc1C(F)(F)F. The van der Waals surface area contributed by atoms with E-state index in [1.54, 1.807) is 26.8 Å². The fourth-order valence-electron chi connectivity index (χ4n) is 1.12. The van der Waals surface area contributed by atoms with E-state index in [0.717, 1.165) is 11.3 Å². The molecule has 0 amide bonds. The van der Waals surface area contributed by atoms with Crippen LogP contribution in [0, 0.1) is 0 Å². The van der Waals surface area contributed by atoms with Gasteiger partial charge in [-0.05, 0) is 22.4 Å². The van der Waals surface area contributed by atoms with Crippen molar-refractivity contribution in [2.24, 2.45) is 0 Å². The summed E-state index contributed by atoms with van der Waals surface area (Å²) >= 11 is 0.758. The van der Waals surface area contributed by atoms with Gasteiger partial charge in [-0.3, -0.25) is 0 Å². The Labute approximate surface area is 79.4 Å². The van der Waals surface area contributed by atoms with Crippen LogP contribution in [0.4, 0.5) is 13.2 Å². The number of hydrogen-bond acceptors (Lipinski definition) is 1. The Morgan fingerprint density at radius 1 is 1.15 bits per heavy atom. The lowest BCUT2D eigenvalue weighted by Crippen LogP contribution is -2.16. The Morgan fingerprint density at radius 3 is 2.00 bits per heavy atom. The third-order valence-corrected chi connectivity index (χ3v) is 2.69. The lowest BCUT2D eigenvalue weighted by Gasteiger charge is -2.20. The van der Waals surface area contributed by atoms with Crippen LogP contribution in [0.25, 0.3) is 0 Å². The van der Waals surface area contributed by atoms with E-state index in [-0.39, 0.29) is 0 Å². The van der Waals surface area contributed by atoms with E-state index in [1.165, 1.54) is 5.38 Å². The van der Waals surface area contributed by atoms with Gasteiger partial charge in [0.15, 0.2) is 0 Å². The van der Waals surface area contributed by atoms with Crippen LogP contribution in [0.5, 0.6) is 0 Å². The van der Waals surface area contributed by atoms with Gasteiger partial charge in [0.05, 0.1) is 0 Å². The number of alkyl halides is 3. The predicted octanol–water partition coefficient (Wildman–Crippen LogP) is 4.06. The van der Waals surface area contributed by atoms with Gasteiger partial charge in [0, 0.05) is 0 Å². The zero-order valence-corrected chi connectivity index (χ0v) is 8.51. The summed E-state index contributed by atoms with van der Waals surface area (Å²) < 4.78 is 37.3. The first-order valence-electron chi connectivity index (χ1n) is 3.88. The number of rotatable bonds is 0. The molecule has 0 unspecified atom stereocenters. The molecule has 0 spiro atoms. The molecule has 0 fully saturated rings. The number of halogens is 3. The summed E-state index contributed by atoms with van der Waals surface area (Å²) in [7, 11) is 0. The topological polar surface area (TPSA) is 0 Å². The average Bonchev–Trinajstić information content (AvgIpc) is 2.27. The summed E-state index contributed by atoms with van der Waals surface area (Å²) in [5, 5.41) is 1.49. The van der Waals surface area contributed by atoms with Crippen LogP contribution < -0.4 is 0 Å². The highest BCUT2D eigenvalue weighted by atomic mass is 32.1. The van der Waals surface area contributed by atoms with Crippen molar-refractivity contribution in [2.75, 3.05) is 0 Å². The van der Waals surface area contributed by atoms with Crippen LogP contribution in [-0.4, -0.2) is 0 Å². The van der Waals surface area contributed by atoms with E-state index in [0.29, 0.717) is 5.56 Å². The van der Waals surface area contributed by atoms with E-state index >= 15 is 0 Å². The van der Waals surface area contributed by atoms with Crippen LogP contribution in [-0.2, 0) is 11.6 Å². The first kappa shape index (κ1) is 10.6. The van der Waals surface area contributed by atoms with Crippen molar-refractivity contribution in [3.05, 3.63) is 21.9 Å². The maximum absolute atomic E-state index is 12.4. The van der Waals surface area contributed by atoms with Gasteiger partial charge < -0.3 is 0 Å². The Balaban J connectivity index is 3.19. The standard InChI is InChI=1S/C9H11F3S/c1-8(2,3)6-4-5-13-7(6)9(10,11)12/h4-5H,1-3H3. The molecule has 0 N–H and O–H groups in total. The molecule has 0 nitrogen and oxygen atoms in total. The molecule has 0 atom stereocenters. The molecule has 1 aromatic rings. The normalized spacial score (nSPS) is 13.4. The van der Waals surface area contributed by atoms with E-state index < -0.39 is 16.5 Å². The van der Waals surface area contributed by atoms with Crippen LogP contribution in [0.15, 0.2) is 11.4 Å². The monoisotopic (exact) mass is 208 g/mol. The summed E-state index contributed by atoms with van der Waals surface area (Å²) in [4.78, 5) is -0.472. The van der Waals surface area contributed by atoms with E-state index in [1.807, 2.05) is 0 Å². The van der Waals surface area contributed by atoms with Gasteiger partial charge in [-0.1, -0.05) is 20.8 Å². The van der Waals surface area contributed by atoms with Gasteiger partial charge in [0.1, 0.15) is 4.88 Å². The Bertz CT molecular complexity index is 262. The smallest absolute Gasteiger partial charge is 0.165 e. The number of hydrogen-bond donors (Lipinski definition) is 0. The summed E-state index contributed by atoms with van der Waals surface area (Å²) in [5.41, 5.74) is -0.0600. The van der Waals surface area contributed by atoms with Crippen LogP contribution >= 0.6 is 11.3 Å². The van der Waals surface area contributed by atoms with Crippen molar-refractivity contribution < 1.29 is 13.2 Å². The largest absolute Gasteiger partial charge is 0.425 e. The molecule has 0 radical (unpaired) electrons. The molecule has 0 aliphatic rings. The first-order valence-corrected chi connectivity index (χ1v) is 4.76. The zero-order valence-electron chi connectivity index (χ0n) is 7.70. The van der Waals surface area contributed by atoms with E-state index in [4.69, 9.17) is 0 Å². The molecule has 0 bridgehead atoms. The van der Waals surface area contributed by atoms with E-state index in [2.05, 4.69) is 0 Å². The quantitative estimate of drug-likeness (QED) is 0.603. The Morgan fingerprint density at radius 2 is 1.69 bits per heavy atom. The van der Waals surface area contributed by atoms with Gasteiger partial charge in [-0.25, -0.2) is 0 Å². The van der Waals surface area contributed by atoms with Crippen molar-refractivity contribution in [2.45, 2.75) is 32.4 Å². The second-order valence-electron chi connectivity index (χ2n) is 3.91. The molecule has 13 heavy (non-hydrogen) atoms. The van der Waals surface area contributed by atoms with Gasteiger partial charge in [-0.15, -0.1) is 11.3 Å². The second kappa shape index (κ2) is 3.01. The molecule has 0 aromatic carbocycles. The molecule has 0 aliphatic heterocycles. The summed E-state index contributed by atoms with van der Waals surface area (Å²) in [6, 6.07) is 1.55. The van der Waals surface area contributed by atoms with Crippen LogP contribution in [0.3, 0.4) is 0 Å². The Hall–Kier alpha value is -0.510. The third-order valence-electron chi connectivity index (χ3n) is 1.73. The Kier molecular flexibility index (Phi) is 2.45. The van der Waals surface area contributed by atoms with Crippen molar-refractivity contribution >= 4 is 11.3 Å². The third kappa shape index (κ3) is 2.24. The molecule has 1 aromatic heterocycles.